The normalized spacial score (nSPS) is 15.6. The first kappa shape index (κ1) is 11.0. The van der Waals surface area contributed by atoms with E-state index in [0.29, 0.717) is 4.90 Å². The number of carbonyl (C=O) groups excluding carboxylic acids is 3. The van der Waals surface area contributed by atoms with Crippen LogP contribution in [0.2, 0.25) is 0 Å². The zero-order valence-corrected chi connectivity index (χ0v) is 8.49. The average molecular weight is 233 g/mol. The van der Waals surface area contributed by atoms with E-state index in [0.717, 1.165) is 0 Å². The van der Waals surface area contributed by atoms with Crippen molar-refractivity contribution in [3.63, 3.8) is 0 Å². The maximum Gasteiger partial charge on any atom is 0.334 e. The second-order valence-electron chi connectivity index (χ2n) is 3.45. The molecule has 1 aromatic carbocycles. The molecule has 1 N–H and O–H groups in total. The summed E-state index contributed by atoms with van der Waals surface area (Å²) in [5.74, 6) is -3.05. The topological polar surface area (TPSA) is 91.8 Å². The Morgan fingerprint density at radius 1 is 1.18 bits per heavy atom. The lowest BCUT2D eigenvalue weighted by atomic mass is 10.1. The Labute approximate surface area is 95.5 Å². The van der Waals surface area contributed by atoms with Crippen LogP contribution in [-0.2, 0) is 9.59 Å². The molecule has 2 rings (SSSR count). The molecule has 0 aromatic heterocycles. The van der Waals surface area contributed by atoms with Crippen LogP contribution < -0.4 is 0 Å². The smallest absolute Gasteiger partial charge is 0.334 e. The monoisotopic (exact) mass is 233 g/mol. The number of aldehydes is 1. The van der Waals surface area contributed by atoms with Crippen molar-refractivity contribution in [1.29, 1.82) is 0 Å². The third kappa shape index (κ3) is 1.50. The molecule has 6 heteroatoms. The van der Waals surface area contributed by atoms with Gasteiger partial charge in [0.1, 0.15) is 0 Å². The van der Waals surface area contributed by atoms with E-state index < -0.39 is 23.8 Å². The molecule has 86 valence electrons. The van der Waals surface area contributed by atoms with Crippen LogP contribution in [-0.4, -0.2) is 40.1 Å². The van der Waals surface area contributed by atoms with Crippen LogP contribution in [0.1, 0.15) is 20.7 Å². The fourth-order valence-electron chi connectivity index (χ4n) is 1.69. The Hall–Kier alpha value is -2.50. The number of imide groups is 1. The molecule has 1 aliphatic rings. The van der Waals surface area contributed by atoms with Crippen LogP contribution in [0.5, 0.6) is 0 Å². The van der Waals surface area contributed by atoms with E-state index in [4.69, 9.17) is 5.11 Å². The highest BCUT2D eigenvalue weighted by atomic mass is 16.4. The number of carboxylic acid groups (broad SMARTS) is 1. The number of hydrogen-bond acceptors (Lipinski definition) is 4. The number of fused-ring (bicyclic) bond motifs is 1. The molecular weight excluding hydrogens is 226 g/mol. The molecule has 0 unspecified atom stereocenters. The molecule has 1 heterocycles. The van der Waals surface area contributed by atoms with Crippen LogP contribution >= 0.6 is 0 Å². The number of rotatable bonds is 3. The predicted octanol–water partition coefficient (Wildman–Crippen LogP) is -0.0653. The first-order valence-electron chi connectivity index (χ1n) is 4.73. The van der Waals surface area contributed by atoms with Crippen molar-refractivity contribution in [3.05, 3.63) is 35.4 Å². The second kappa shape index (κ2) is 3.82. The maximum absolute atomic E-state index is 11.8. The summed E-state index contributed by atoms with van der Waals surface area (Å²) >= 11 is 0. The molecule has 6 nitrogen and oxygen atoms in total. The molecule has 0 fully saturated rings. The van der Waals surface area contributed by atoms with Crippen molar-refractivity contribution in [2.24, 2.45) is 0 Å². The van der Waals surface area contributed by atoms with Crippen molar-refractivity contribution in [3.8, 4) is 0 Å². The lowest BCUT2D eigenvalue weighted by molar-refractivity contribution is -0.143. The standard InChI is InChI=1S/C11H7NO5/c13-5-8(11(16)17)12-9(14)6-3-1-2-4-7(6)10(12)15/h1-5,8H,(H,16,17)/t8-/m0/s1. The summed E-state index contributed by atoms with van der Waals surface area (Å²) in [4.78, 5) is 45.5. The molecule has 0 radical (unpaired) electrons. The van der Waals surface area contributed by atoms with E-state index in [1.807, 2.05) is 0 Å². The summed E-state index contributed by atoms with van der Waals surface area (Å²) < 4.78 is 0. The average Bonchev–Trinajstić information content (AvgIpc) is 2.56. The number of aliphatic carboxylic acids is 1. The third-order valence-electron chi connectivity index (χ3n) is 2.49. The number of hydrogen-bond donors (Lipinski definition) is 1. The van der Waals surface area contributed by atoms with Gasteiger partial charge >= 0.3 is 5.97 Å². The Morgan fingerprint density at radius 2 is 1.65 bits per heavy atom. The molecule has 17 heavy (non-hydrogen) atoms. The van der Waals surface area contributed by atoms with Gasteiger partial charge in [-0.15, -0.1) is 0 Å². The van der Waals surface area contributed by atoms with E-state index in [-0.39, 0.29) is 17.4 Å². The van der Waals surface area contributed by atoms with E-state index >= 15 is 0 Å². The van der Waals surface area contributed by atoms with Crippen LogP contribution in [0.4, 0.5) is 0 Å². The third-order valence-corrected chi connectivity index (χ3v) is 2.49. The molecule has 0 aliphatic carbocycles. The van der Waals surface area contributed by atoms with E-state index in [1.54, 1.807) is 12.1 Å². The number of carboxylic acids is 1. The summed E-state index contributed by atoms with van der Waals surface area (Å²) in [7, 11) is 0. The molecule has 1 aliphatic heterocycles. The number of amides is 2. The first-order chi connectivity index (χ1) is 8.07. The van der Waals surface area contributed by atoms with Crippen molar-refractivity contribution >= 4 is 24.1 Å². The van der Waals surface area contributed by atoms with Gasteiger partial charge in [-0.1, -0.05) is 12.1 Å². The molecule has 1 aromatic rings. The van der Waals surface area contributed by atoms with Crippen LogP contribution in [0, 0.1) is 0 Å². The van der Waals surface area contributed by atoms with Gasteiger partial charge in [0.25, 0.3) is 11.8 Å². The molecule has 0 spiro atoms. The Balaban J connectivity index is 2.49. The lowest BCUT2D eigenvalue weighted by Gasteiger charge is -2.16. The van der Waals surface area contributed by atoms with Gasteiger partial charge in [-0.2, -0.15) is 0 Å². The minimum absolute atomic E-state index is 0.0595. The molecule has 2 amide bonds. The van der Waals surface area contributed by atoms with Crippen LogP contribution in [0.15, 0.2) is 24.3 Å². The summed E-state index contributed by atoms with van der Waals surface area (Å²) in [5, 5.41) is 8.77. The van der Waals surface area contributed by atoms with E-state index in [1.165, 1.54) is 12.1 Å². The second-order valence-corrected chi connectivity index (χ2v) is 3.45. The molecule has 0 bridgehead atoms. The van der Waals surface area contributed by atoms with Crippen molar-refractivity contribution in [1.82, 2.24) is 4.90 Å². The molecule has 1 atom stereocenters. The number of carbonyl (C=O) groups is 4. The van der Waals surface area contributed by atoms with Gasteiger partial charge < -0.3 is 9.90 Å². The number of benzene rings is 1. The largest absolute Gasteiger partial charge is 0.479 e. The van der Waals surface area contributed by atoms with Crippen molar-refractivity contribution in [2.45, 2.75) is 6.04 Å². The highest BCUT2D eigenvalue weighted by molar-refractivity contribution is 6.24. The van der Waals surface area contributed by atoms with Gasteiger partial charge in [0, 0.05) is 0 Å². The van der Waals surface area contributed by atoms with Gasteiger partial charge in [0.2, 0.25) is 0 Å². The van der Waals surface area contributed by atoms with Gasteiger partial charge in [0.05, 0.1) is 11.1 Å². The van der Waals surface area contributed by atoms with E-state index in [9.17, 15) is 19.2 Å². The summed E-state index contributed by atoms with van der Waals surface area (Å²) in [6.07, 6.45) is 0.0595. The molecular formula is C11H7NO5. The number of nitrogens with zero attached hydrogens (tertiary/aromatic N) is 1. The van der Waals surface area contributed by atoms with Crippen molar-refractivity contribution in [2.75, 3.05) is 0 Å². The highest BCUT2D eigenvalue weighted by Crippen LogP contribution is 2.23. The quantitative estimate of drug-likeness (QED) is 0.448. The minimum Gasteiger partial charge on any atom is -0.479 e. The summed E-state index contributed by atoms with van der Waals surface area (Å²) in [6, 6.07) is 4.18. The Morgan fingerprint density at radius 3 is 2.00 bits per heavy atom. The van der Waals surface area contributed by atoms with Crippen LogP contribution in [0.25, 0.3) is 0 Å². The summed E-state index contributed by atoms with van der Waals surface area (Å²) in [5.41, 5.74) is 0.233. The molecule has 0 saturated carbocycles. The van der Waals surface area contributed by atoms with Gasteiger partial charge in [-0.25, -0.2) is 4.79 Å². The zero-order chi connectivity index (χ0) is 12.6. The highest BCUT2D eigenvalue weighted by Gasteiger charge is 2.42. The van der Waals surface area contributed by atoms with Crippen LogP contribution in [0.3, 0.4) is 0 Å². The van der Waals surface area contributed by atoms with E-state index in [2.05, 4.69) is 0 Å². The van der Waals surface area contributed by atoms with Gasteiger partial charge in [0.15, 0.2) is 12.3 Å². The molecule has 0 saturated heterocycles. The van der Waals surface area contributed by atoms with Gasteiger partial charge in [-0.3, -0.25) is 14.5 Å². The fourth-order valence-corrected chi connectivity index (χ4v) is 1.69. The first-order valence-corrected chi connectivity index (χ1v) is 4.73. The maximum atomic E-state index is 11.8. The fraction of sp³-hybridized carbons (Fsp3) is 0.0909. The Kier molecular flexibility index (Phi) is 2.47. The summed E-state index contributed by atoms with van der Waals surface area (Å²) in [6.45, 7) is 0. The SMILES string of the molecule is O=C[C@@H](C(=O)O)N1C(=O)c2ccccc2C1=O. The van der Waals surface area contributed by atoms with Crippen molar-refractivity contribution < 1.29 is 24.3 Å². The lowest BCUT2D eigenvalue weighted by Crippen LogP contribution is -2.45. The minimum atomic E-state index is -1.78. The zero-order valence-electron chi connectivity index (χ0n) is 8.49. The predicted molar refractivity (Wildman–Crippen MR) is 54.4 cm³/mol. The Bertz CT molecular complexity index is 501. The van der Waals surface area contributed by atoms with Gasteiger partial charge in [-0.05, 0) is 12.1 Å².